The van der Waals surface area contributed by atoms with Crippen molar-refractivity contribution in [2.75, 3.05) is 25.1 Å². The fraction of sp³-hybridized carbons (Fsp3) is 0.609. The van der Waals surface area contributed by atoms with Gasteiger partial charge in [-0.2, -0.15) is 0 Å². The average molecular weight is 414 g/mol. The van der Waals surface area contributed by atoms with Gasteiger partial charge in [-0.05, 0) is 56.8 Å². The number of carbonyl (C=O) groups is 3. The summed E-state index contributed by atoms with van der Waals surface area (Å²) in [6.45, 7) is 1.23. The number of rotatable bonds is 5. The van der Waals surface area contributed by atoms with Crippen LogP contribution in [0.3, 0.4) is 0 Å². The number of carbonyl (C=O) groups excluding carboxylic acids is 3. The molecule has 1 atom stereocenters. The van der Waals surface area contributed by atoms with Crippen molar-refractivity contribution in [3.05, 3.63) is 24.3 Å². The van der Waals surface area contributed by atoms with Crippen LogP contribution in [-0.2, 0) is 14.4 Å². The number of ether oxygens (including phenoxy) is 1. The number of hydrogen-bond donors (Lipinski definition) is 1. The quantitative estimate of drug-likeness (QED) is 0.749. The number of likely N-dealkylation sites (tertiary alicyclic amines) is 1. The van der Waals surface area contributed by atoms with Crippen LogP contribution in [-0.4, -0.2) is 48.9 Å². The zero-order chi connectivity index (χ0) is 21.3. The predicted octanol–water partition coefficient (Wildman–Crippen LogP) is 2.47. The molecule has 30 heavy (non-hydrogen) atoms. The summed E-state index contributed by atoms with van der Waals surface area (Å²) in [5.74, 6) is 0.223. The summed E-state index contributed by atoms with van der Waals surface area (Å²) in [4.78, 5) is 41.7. The summed E-state index contributed by atoms with van der Waals surface area (Å²) >= 11 is 0. The van der Waals surface area contributed by atoms with E-state index in [2.05, 4.69) is 4.90 Å². The number of piperidine rings is 1. The maximum Gasteiger partial charge on any atom is 0.251 e. The summed E-state index contributed by atoms with van der Waals surface area (Å²) in [5, 5.41) is 0. The first kappa shape index (κ1) is 20.8. The van der Waals surface area contributed by atoms with Gasteiger partial charge in [0, 0.05) is 0 Å². The van der Waals surface area contributed by atoms with Crippen LogP contribution in [0.15, 0.2) is 24.3 Å². The molecular formula is C23H31N3O4. The zero-order valence-electron chi connectivity index (χ0n) is 17.6. The van der Waals surface area contributed by atoms with Crippen molar-refractivity contribution in [2.24, 2.45) is 17.1 Å². The Morgan fingerprint density at radius 2 is 1.77 bits per heavy atom. The molecule has 0 radical (unpaired) electrons. The standard InChI is InChI=1S/C23H31N3O4/c1-30-19-10-6-5-9-17(19)26-20(27)15-18(21(26)28)25-13-11-23(12-14-25,22(24)29)16-7-3-2-4-8-16/h5-6,9-10,16,18H,2-4,7-8,11-15H2,1H3,(H2,24,29)/t18-/m0/s1. The van der Waals surface area contributed by atoms with Crippen LogP contribution < -0.4 is 15.4 Å². The van der Waals surface area contributed by atoms with Gasteiger partial charge in [0.05, 0.1) is 30.7 Å². The second-order valence-corrected chi connectivity index (χ2v) is 8.85. The van der Waals surface area contributed by atoms with Crippen LogP contribution >= 0.6 is 0 Å². The number of primary amides is 1. The molecule has 2 N–H and O–H groups in total. The lowest BCUT2D eigenvalue weighted by molar-refractivity contribution is -0.137. The molecule has 3 aliphatic rings. The minimum Gasteiger partial charge on any atom is -0.495 e. The fourth-order valence-electron chi connectivity index (χ4n) is 5.71. The highest BCUT2D eigenvalue weighted by Crippen LogP contribution is 2.46. The van der Waals surface area contributed by atoms with Crippen LogP contribution in [0.5, 0.6) is 5.75 Å². The molecule has 0 unspecified atom stereocenters. The number of anilines is 1. The van der Waals surface area contributed by atoms with Gasteiger partial charge in [0.25, 0.3) is 5.91 Å². The van der Waals surface area contributed by atoms with Crippen molar-refractivity contribution in [1.82, 2.24) is 4.90 Å². The largest absolute Gasteiger partial charge is 0.495 e. The summed E-state index contributed by atoms with van der Waals surface area (Å²) in [6, 6.07) is 6.59. The molecule has 7 nitrogen and oxygen atoms in total. The van der Waals surface area contributed by atoms with E-state index in [1.807, 2.05) is 6.07 Å². The SMILES string of the molecule is COc1ccccc1N1C(=O)C[C@H](N2CCC(C(N)=O)(C3CCCCC3)CC2)C1=O. The molecule has 2 saturated heterocycles. The first-order valence-electron chi connectivity index (χ1n) is 11.0. The van der Waals surface area contributed by atoms with E-state index in [4.69, 9.17) is 10.5 Å². The van der Waals surface area contributed by atoms with Gasteiger partial charge < -0.3 is 10.5 Å². The van der Waals surface area contributed by atoms with Crippen molar-refractivity contribution in [2.45, 2.75) is 57.4 Å². The number of methoxy groups -OCH3 is 1. The summed E-state index contributed by atoms with van der Waals surface area (Å²) in [7, 11) is 1.53. The van der Waals surface area contributed by atoms with E-state index in [0.717, 1.165) is 25.7 Å². The lowest BCUT2D eigenvalue weighted by atomic mass is 9.63. The molecule has 3 amide bonds. The Kier molecular flexibility index (Phi) is 5.82. The maximum atomic E-state index is 13.2. The van der Waals surface area contributed by atoms with Crippen molar-refractivity contribution >= 4 is 23.4 Å². The monoisotopic (exact) mass is 413 g/mol. The molecule has 1 aromatic rings. The van der Waals surface area contributed by atoms with Gasteiger partial charge in [0.15, 0.2) is 0 Å². The third-order valence-electron chi connectivity index (χ3n) is 7.46. The lowest BCUT2D eigenvalue weighted by Gasteiger charge is -2.46. The first-order valence-corrected chi connectivity index (χ1v) is 11.0. The molecule has 1 saturated carbocycles. The second kappa shape index (κ2) is 8.38. The minimum atomic E-state index is -0.486. The van der Waals surface area contributed by atoms with E-state index >= 15 is 0 Å². The number of para-hydroxylation sites is 2. The number of nitrogens with two attached hydrogens (primary N) is 1. The van der Waals surface area contributed by atoms with E-state index in [1.165, 1.54) is 18.4 Å². The van der Waals surface area contributed by atoms with Crippen LogP contribution in [0.4, 0.5) is 5.69 Å². The molecule has 0 spiro atoms. The first-order chi connectivity index (χ1) is 14.5. The van der Waals surface area contributed by atoms with Crippen LogP contribution in [0.2, 0.25) is 0 Å². The number of nitrogens with zero attached hydrogens (tertiary/aromatic N) is 2. The number of benzene rings is 1. The average Bonchev–Trinajstić information content (AvgIpc) is 3.08. The molecule has 162 valence electrons. The Bertz CT molecular complexity index is 825. The minimum absolute atomic E-state index is 0.157. The van der Waals surface area contributed by atoms with Gasteiger partial charge in [-0.25, -0.2) is 4.90 Å². The molecule has 4 rings (SSSR count). The summed E-state index contributed by atoms with van der Waals surface area (Å²) < 4.78 is 5.34. The van der Waals surface area contributed by atoms with E-state index in [-0.39, 0.29) is 24.1 Å². The lowest BCUT2D eigenvalue weighted by Crippen LogP contribution is -2.54. The molecule has 2 heterocycles. The highest BCUT2D eigenvalue weighted by Gasteiger charge is 2.50. The Morgan fingerprint density at radius 3 is 2.40 bits per heavy atom. The topological polar surface area (TPSA) is 92.9 Å². The molecule has 1 aliphatic carbocycles. The van der Waals surface area contributed by atoms with E-state index in [0.29, 0.717) is 43.3 Å². The Morgan fingerprint density at radius 1 is 1.10 bits per heavy atom. The number of amides is 3. The van der Waals surface area contributed by atoms with E-state index in [1.54, 1.807) is 18.2 Å². The molecule has 7 heteroatoms. The molecule has 1 aromatic carbocycles. The molecule has 3 fully saturated rings. The predicted molar refractivity (Wildman–Crippen MR) is 113 cm³/mol. The smallest absolute Gasteiger partial charge is 0.251 e. The van der Waals surface area contributed by atoms with Gasteiger partial charge >= 0.3 is 0 Å². The highest BCUT2D eigenvalue weighted by atomic mass is 16.5. The van der Waals surface area contributed by atoms with Crippen molar-refractivity contribution in [1.29, 1.82) is 0 Å². The van der Waals surface area contributed by atoms with Gasteiger partial charge in [0.2, 0.25) is 11.8 Å². The third kappa shape index (κ3) is 3.49. The Labute approximate surface area is 177 Å². The van der Waals surface area contributed by atoms with Crippen LogP contribution in [0, 0.1) is 11.3 Å². The van der Waals surface area contributed by atoms with Gasteiger partial charge in [0.1, 0.15) is 5.75 Å². The Hall–Kier alpha value is -2.41. The van der Waals surface area contributed by atoms with E-state index in [9.17, 15) is 14.4 Å². The highest BCUT2D eigenvalue weighted by molar-refractivity contribution is 6.23. The van der Waals surface area contributed by atoms with Gasteiger partial charge in [-0.3, -0.25) is 19.3 Å². The number of hydrogen-bond acceptors (Lipinski definition) is 5. The second-order valence-electron chi connectivity index (χ2n) is 8.85. The number of imide groups is 1. The van der Waals surface area contributed by atoms with Gasteiger partial charge in [-0.15, -0.1) is 0 Å². The fourth-order valence-corrected chi connectivity index (χ4v) is 5.71. The van der Waals surface area contributed by atoms with Crippen LogP contribution in [0.25, 0.3) is 0 Å². The molecule has 2 aliphatic heterocycles. The maximum absolute atomic E-state index is 13.2. The summed E-state index contributed by atoms with van der Waals surface area (Å²) in [6.07, 6.45) is 7.16. The van der Waals surface area contributed by atoms with Crippen molar-refractivity contribution < 1.29 is 19.1 Å². The molecule has 0 bridgehead atoms. The van der Waals surface area contributed by atoms with Crippen molar-refractivity contribution in [3.63, 3.8) is 0 Å². The normalized spacial score (nSPS) is 25.5. The molecular weight excluding hydrogens is 382 g/mol. The van der Waals surface area contributed by atoms with Crippen LogP contribution in [0.1, 0.15) is 51.4 Å². The zero-order valence-corrected chi connectivity index (χ0v) is 17.6. The van der Waals surface area contributed by atoms with Crippen molar-refractivity contribution in [3.8, 4) is 5.75 Å². The summed E-state index contributed by atoms with van der Waals surface area (Å²) in [5.41, 5.74) is 5.93. The molecule has 0 aromatic heterocycles. The van der Waals surface area contributed by atoms with Gasteiger partial charge in [-0.1, -0.05) is 31.4 Å². The van der Waals surface area contributed by atoms with E-state index < -0.39 is 11.5 Å². The third-order valence-corrected chi connectivity index (χ3v) is 7.46. The Balaban J connectivity index is 1.49.